The lowest BCUT2D eigenvalue weighted by molar-refractivity contribution is 0.474. The van der Waals surface area contributed by atoms with Gasteiger partial charge in [-0.05, 0) is 36.4 Å². The zero-order chi connectivity index (χ0) is 14.2. The van der Waals surface area contributed by atoms with Crippen molar-refractivity contribution in [2.75, 3.05) is 10.6 Å². The summed E-state index contributed by atoms with van der Waals surface area (Å²) < 4.78 is 5.92. The van der Waals surface area contributed by atoms with Gasteiger partial charge in [-0.25, -0.2) is 0 Å². The number of anilines is 4. The van der Waals surface area contributed by atoms with Crippen LogP contribution in [0.4, 0.5) is 22.7 Å². The van der Waals surface area contributed by atoms with Crippen LogP contribution in [-0.2, 0) is 0 Å². The molecule has 0 amide bonds. The predicted octanol–water partition coefficient (Wildman–Crippen LogP) is 4.24. The summed E-state index contributed by atoms with van der Waals surface area (Å²) in [6, 6.07) is 17.7. The fourth-order valence-corrected chi connectivity index (χ4v) is 2.53. The zero-order valence-corrected chi connectivity index (χ0v) is 11.2. The molecule has 21 heavy (non-hydrogen) atoms. The summed E-state index contributed by atoms with van der Waals surface area (Å²) in [7, 11) is 0. The standard InChI is InChI=1S/C17H13N3O/c18-12-6-7-16-15(10-12)20(13-4-2-1-3-5-13)14-8-9-19-11-17(14)21-16/h1-11H,18H2. The van der Waals surface area contributed by atoms with Crippen molar-refractivity contribution >= 4 is 22.7 Å². The summed E-state index contributed by atoms with van der Waals surface area (Å²) >= 11 is 0. The Hall–Kier alpha value is -3.01. The summed E-state index contributed by atoms with van der Waals surface area (Å²) in [6.45, 7) is 0. The second-order valence-electron chi connectivity index (χ2n) is 4.84. The molecule has 1 aliphatic rings. The molecule has 4 rings (SSSR count). The van der Waals surface area contributed by atoms with Gasteiger partial charge in [0, 0.05) is 17.6 Å². The van der Waals surface area contributed by atoms with Crippen LogP contribution in [0, 0.1) is 0 Å². The molecule has 4 heteroatoms. The first-order valence-electron chi connectivity index (χ1n) is 6.69. The molecule has 0 bridgehead atoms. The maximum Gasteiger partial charge on any atom is 0.169 e. The molecule has 0 unspecified atom stereocenters. The summed E-state index contributed by atoms with van der Waals surface area (Å²) in [5.74, 6) is 1.51. The minimum absolute atomic E-state index is 0.704. The van der Waals surface area contributed by atoms with Gasteiger partial charge in [0.05, 0.1) is 17.6 Å². The molecular weight excluding hydrogens is 262 g/mol. The average molecular weight is 275 g/mol. The monoisotopic (exact) mass is 275 g/mol. The van der Waals surface area contributed by atoms with Crippen molar-refractivity contribution in [3.63, 3.8) is 0 Å². The first-order chi connectivity index (χ1) is 10.3. The Kier molecular flexibility index (Phi) is 2.54. The van der Waals surface area contributed by atoms with Crippen LogP contribution in [0.25, 0.3) is 0 Å². The van der Waals surface area contributed by atoms with Crippen molar-refractivity contribution in [3.8, 4) is 11.5 Å². The summed E-state index contributed by atoms with van der Waals surface area (Å²) in [6.07, 6.45) is 3.49. The Morgan fingerprint density at radius 2 is 1.76 bits per heavy atom. The van der Waals surface area contributed by atoms with Crippen molar-refractivity contribution in [2.45, 2.75) is 0 Å². The molecule has 0 saturated heterocycles. The van der Waals surface area contributed by atoms with Crippen molar-refractivity contribution in [2.24, 2.45) is 0 Å². The third-order valence-corrected chi connectivity index (χ3v) is 3.46. The second-order valence-corrected chi connectivity index (χ2v) is 4.84. The molecule has 2 aromatic carbocycles. The van der Waals surface area contributed by atoms with Crippen molar-refractivity contribution in [1.29, 1.82) is 0 Å². The molecule has 0 atom stereocenters. The van der Waals surface area contributed by atoms with Gasteiger partial charge >= 0.3 is 0 Å². The minimum Gasteiger partial charge on any atom is -0.451 e. The lowest BCUT2D eigenvalue weighted by Crippen LogP contribution is -2.16. The number of hydrogen-bond acceptors (Lipinski definition) is 4. The molecule has 0 spiro atoms. The zero-order valence-electron chi connectivity index (χ0n) is 11.2. The predicted molar refractivity (Wildman–Crippen MR) is 83.4 cm³/mol. The van der Waals surface area contributed by atoms with Gasteiger partial charge in [-0.15, -0.1) is 0 Å². The molecule has 102 valence electrons. The quantitative estimate of drug-likeness (QED) is 0.528. The van der Waals surface area contributed by atoms with E-state index in [0.29, 0.717) is 5.69 Å². The Labute approximate surface area is 122 Å². The first kappa shape index (κ1) is 11.8. The minimum atomic E-state index is 0.704. The Morgan fingerprint density at radius 1 is 0.905 bits per heavy atom. The second kappa shape index (κ2) is 4.52. The molecule has 0 saturated carbocycles. The first-order valence-corrected chi connectivity index (χ1v) is 6.69. The van der Waals surface area contributed by atoms with Gasteiger partial charge in [0.1, 0.15) is 0 Å². The third-order valence-electron chi connectivity index (χ3n) is 3.46. The van der Waals surface area contributed by atoms with Gasteiger partial charge in [0.15, 0.2) is 11.5 Å². The number of benzene rings is 2. The van der Waals surface area contributed by atoms with Crippen LogP contribution in [0.15, 0.2) is 67.0 Å². The van der Waals surface area contributed by atoms with Gasteiger partial charge in [-0.2, -0.15) is 0 Å². The number of nitrogens with two attached hydrogens (primary N) is 1. The van der Waals surface area contributed by atoms with Crippen LogP contribution < -0.4 is 15.4 Å². The fraction of sp³-hybridized carbons (Fsp3) is 0. The van der Waals surface area contributed by atoms with Crippen LogP contribution in [0.2, 0.25) is 0 Å². The van der Waals surface area contributed by atoms with Crippen molar-refractivity contribution < 1.29 is 4.74 Å². The summed E-state index contributed by atoms with van der Waals surface area (Å²) in [5, 5.41) is 0. The average Bonchev–Trinajstić information content (AvgIpc) is 2.53. The van der Waals surface area contributed by atoms with Crippen LogP contribution in [0.5, 0.6) is 11.5 Å². The molecule has 1 aliphatic heterocycles. The molecule has 0 aliphatic carbocycles. The number of pyridine rings is 1. The largest absolute Gasteiger partial charge is 0.451 e. The van der Waals surface area contributed by atoms with Crippen molar-refractivity contribution in [3.05, 3.63) is 67.0 Å². The lowest BCUT2D eigenvalue weighted by atomic mass is 10.1. The number of hydrogen-bond donors (Lipinski definition) is 1. The van der Waals surface area contributed by atoms with Gasteiger partial charge < -0.3 is 15.4 Å². The summed E-state index contributed by atoms with van der Waals surface area (Å²) in [4.78, 5) is 6.27. The van der Waals surface area contributed by atoms with Crippen molar-refractivity contribution in [1.82, 2.24) is 4.98 Å². The van der Waals surface area contributed by atoms with Gasteiger partial charge in [-0.3, -0.25) is 4.98 Å². The summed E-state index contributed by atoms with van der Waals surface area (Å²) in [5.41, 5.74) is 9.59. The van der Waals surface area contributed by atoms with Crippen LogP contribution in [-0.4, -0.2) is 4.98 Å². The van der Waals surface area contributed by atoms with E-state index in [9.17, 15) is 0 Å². The third kappa shape index (κ3) is 1.89. The highest BCUT2D eigenvalue weighted by atomic mass is 16.5. The number of para-hydroxylation sites is 1. The van der Waals surface area contributed by atoms with E-state index in [-0.39, 0.29) is 0 Å². The van der Waals surface area contributed by atoms with E-state index in [4.69, 9.17) is 10.5 Å². The number of rotatable bonds is 1. The lowest BCUT2D eigenvalue weighted by Gasteiger charge is -2.32. The van der Waals surface area contributed by atoms with Gasteiger partial charge in [-0.1, -0.05) is 18.2 Å². The molecule has 0 radical (unpaired) electrons. The normalized spacial score (nSPS) is 12.3. The van der Waals surface area contributed by atoms with E-state index in [1.807, 2.05) is 42.5 Å². The molecule has 2 heterocycles. The fourth-order valence-electron chi connectivity index (χ4n) is 2.53. The molecule has 4 nitrogen and oxygen atoms in total. The van der Waals surface area contributed by atoms with E-state index in [1.54, 1.807) is 12.4 Å². The van der Waals surface area contributed by atoms with E-state index < -0.39 is 0 Å². The van der Waals surface area contributed by atoms with E-state index in [2.05, 4.69) is 22.0 Å². The molecule has 2 N–H and O–H groups in total. The van der Waals surface area contributed by atoms with Crippen LogP contribution in [0.1, 0.15) is 0 Å². The van der Waals surface area contributed by atoms with Crippen LogP contribution in [0.3, 0.4) is 0 Å². The Bertz CT molecular complexity index is 802. The van der Waals surface area contributed by atoms with E-state index in [1.165, 1.54) is 0 Å². The number of aromatic nitrogens is 1. The highest BCUT2D eigenvalue weighted by Crippen LogP contribution is 2.50. The number of nitrogens with zero attached hydrogens (tertiary/aromatic N) is 2. The van der Waals surface area contributed by atoms with E-state index in [0.717, 1.165) is 28.6 Å². The number of fused-ring (bicyclic) bond motifs is 2. The Morgan fingerprint density at radius 3 is 2.62 bits per heavy atom. The molecule has 3 aromatic rings. The smallest absolute Gasteiger partial charge is 0.169 e. The maximum absolute atomic E-state index is 5.95. The topological polar surface area (TPSA) is 51.4 Å². The molecular formula is C17H13N3O. The highest BCUT2D eigenvalue weighted by molar-refractivity contribution is 5.87. The highest BCUT2D eigenvalue weighted by Gasteiger charge is 2.25. The number of nitrogen functional groups attached to an aromatic ring is 1. The van der Waals surface area contributed by atoms with E-state index >= 15 is 0 Å². The SMILES string of the molecule is Nc1ccc2c(c1)N(c1ccccc1)c1ccncc1O2. The van der Waals surface area contributed by atoms with Gasteiger partial charge in [0.25, 0.3) is 0 Å². The Balaban J connectivity index is 1.98. The van der Waals surface area contributed by atoms with Crippen LogP contribution >= 0.6 is 0 Å². The molecule has 1 aromatic heterocycles. The maximum atomic E-state index is 5.95. The van der Waals surface area contributed by atoms with Gasteiger partial charge in [0.2, 0.25) is 0 Å². The molecule has 0 fully saturated rings. The number of ether oxygens (including phenoxy) is 1.